The largest absolute Gasteiger partial charge is 0.497 e. The lowest BCUT2D eigenvalue weighted by Crippen LogP contribution is -2.53. The number of halogens is 2. The first-order valence-electron chi connectivity index (χ1n) is 13.9. The summed E-state index contributed by atoms with van der Waals surface area (Å²) in [7, 11) is 0.0131. The average Bonchev–Trinajstić information content (AvgIpc) is 3.06. The first-order chi connectivity index (χ1) is 21.6. The lowest BCUT2D eigenvalue weighted by Gasteiger charge is -2.34. The van der Waals surface area contributed by atoms with Crippen LogP contribution in [0.5, 0.6) is 11.5 Å². The van der Waals surface area contributed by atoms with Crippen molar-refractivity contribution in [1.29, 1.82) is 0 Å². The van der Waals surface area contributed by atoms with Crippen molar-refractivity contribution >= 4 is 50.7 Å². The van der Waals surface area contributed by atoms with E-state index in [1.54, 1.807) is 42.5 Å². The van der Waals surface area contributed by atoms with Crippen LogP contribution in [0, 0.1) is 0 Å². The summed E-state index contributed by atoms with van der Waals surface area (Å²) in [5.74, 6) is -0.419. The van der Waals surface area contributed by atoms with Crippen LogP contribution in [0.15, 0.2) is 102 Å². The van der Waals surface area contributed by atoms with E-state index in [0.717, 1.165) is 9.87 Å². The molecule has 1 N–H and O–H groups in total. The topological polar surface area (TPSA) is 105 Å². The quantitative estimate of drug-likeness (QED) is 0.199. The molecule has 236 valence electrons. The van der Waals surface area contributed by atoms with E-state index in [9.17, 15) is 18.0 Å². The van der Waals surface area contributed by atoms with Crippen LogP contribution in [-0.4, -0.2) is 59.0 Å². The second-order valence-electron chi connectivity index (χ2n) is 9.90. The van der Waals surface area contributed by atoms with Gasteiger partial charge in [0.25, 0.3) is 10.0 Å². The first kappa shape index (κ1) is 33.6. The normalized spacial score (nSPS) is 11.8. The van der Waals surface area contributed by atoms with E-state index >= 15 is 0 Å². The monoisotopic (exact) mass is 669 g/mol. The number of sulfonamides is 1. The summed E-state index contributed by atoms with van der Waals surface area (Å²) in [6.07, 6.45) is 0.147. The number of anilines is 1. The van der Waals surface area contributed by atoms with Gasteiger partial charge in [-0.15, -0.1) is 0 Å². The predicted molar refractivity (Wildman–Crippen MR) is 176 cm³/mol. The third-order valence-electron chi connectivity index (χ3n) is 7.19. The van der Waals surface area contributed by atoms with Gasteiger partial charge in [-0.1, -0.05) is 71.7 Å². The molecule has 0 unspecified atom stereocenters. The first-order valence-corrected chi connectivity index (χ1v) is 16.1. The molecular weight excluding hydrogens is 637 g/mol. The van der Waals surface area contributed by atoms with Gasteiger partial charge in [0.15, 0.2) is 0 Å². The Balaban J connectivity index is 1.84. The summed E-state index contributed by atoms with van der Waals surface area (Å²) >= 11 is 13.0. The molecule has 1 atom stereocenters. The molecule has 0 aliphatic heterocycles. The standard InChI is InChI=1S/C33H33Cl2N3O6S/c1-36-33(40)30(20-23-10-5-4-6-11-23)37(21-26-27(34)12-9-13-28(26)35)32(39)22-38(29-14-7-8-15-31(29)44-3)45(41,42)25-18-16-24(43-2)17-19-25/h4-19,30H,20-22H2,1-3H3,(H,36,40)/t30-/m0/s1. The lowest BCUT2D eigenvalue weighted by molar-refractivity contribution is -0.139. The number of hydrogen-bond donors (Lipinski definition) is 1. The van der Waals surface area contributed by atoms with Crippen molar-refractivity contribution in [3.63, 3.8) is 0 Å². The van der Waals surface area contributed by atoms with Crippen LogP contribution < -0.4 is 19.1 Å². The Morgan fingerprint density at radius 2 is 1.44 bits per heavy atom. The molecule has 2 amide bonds. The minimum absolute atomic E-state index is 0.0742. The number of carbonyl (C=O) groups is 2. The van der Waals surface area contributed by atoms with Crippen molar-refractivity contribution in [3.8, 4) is 11.5 Å². The highest BCUT2D eigenvalue weighted by Gasteiger charge is 2.35. The number of nitrogens with zero attached hydrogens (tertiary/aromatic N) is 2. The second kappa shape index (κ2) is 15.2. The van der Waals surface area contributed by atoms with Gasteiger partial charge in [0, 0.05) is 35.6 Å². The molecule has 0 heterocycles. The predicted octanol–water partition coefficient (Wildman–Crippen LogP) is 5.59. The van der Waals surface area contributed by atoms with Crippen molar-refractivity contribution in [2.45, 2.75) is 23.9 Å². The van der Waals surface area contributed by atoms with Gasteiger partial charge in [0.1, 0.15) is 24.1 Å². The molecule has 4 aromatic rings. The highest BCUT2D eigenvalue weighted by atomic mass is 35.5. The SMILES string of the molecule is CNC(=O)[C@H](Cc1ccccc1)N(Cc1c(Cl)cccc1Cl)C(=O)CN(c1ccccc1OC)S(=O)(=O)c1ccc(OC)cc1. The summed E-state index contributed by atoms with van der Waals surface area (Å²) in [4.78, 5) is 29.1. The number of nitrogens with one attached hydrogen (secondary N) is 1. The molecule has 0 saturated heterocycles. The molecule has 0 aromatic heterocycles. The van der Waals surface area contributed by atoms with E-state index in [1.807, 2.05) is 30.3 Å². The number of hydrogen-bond acceptors (Lipinski definition) is 6. The summed E-state index contributed by atoms with van der Waals surface area (Å²) in [5.41, 5.74) is 1.35. The number of methoxy groups -OCH3 is 2. The Hall–Kier alpha value is -4.25. The fraction of sp³-hybridized carbons (Fsp3) is 0.212. The highest BCUT2D eigenvalue weighted by Crippen LogP contribution is 2.34. The fourth-order valence-electron chi connectivity index (χ4n) is 4.80. The maximum atomic E-state index is 14.5. The number of amides is 2. The van der Waals surface area contributed by atoms with E-state index in [-0.39, 0.29) is 29.3 Å². The van der Waals surface area contributed by atoms with Crippen LogP contribution in [0.3, 0.4) is 0 Å². The van der Waals surface area contributed by atoms with Gasteiger partial charge in [-0.25, -0.2) is 8.42 Å². The molecular formula is C33H33Cl2N3O6S. The van der Waals surface area contributed by atoms with Crippen LogP contribution in [0.2, 0.25) is 10.0 Å². The van der Waals surface area contributed by atoms with E-state index in [2.05, 4.69) is 5.32 Å². The Labute approximate surface area is 273 Å². The second-order valence-corrected chi connectivity index (χ2v) is 12.6. The molecule has 12 heteroatoms. The number of benzene rings is 4. The average molecular weight is 671 g/mol. The summed E-state index contributed by atoms with van der Waals surface area (Å²) in [6, 6.07) is 25.4. The molecule has 0 fully saturated rings. The Morgan fingerprint density at radius 1 is 0.822 bits per heavy atom. The molecule has 0 aliphatic rings. The van der Waals surface area contributed by atoms with Crippen LogP contribution in [0.1, 0.15) is 11.1 Å². The Kier molecular flexibility index (Phi) is 11.3. The van der Waals surface area contributed by atoms with Crippen molar-refractivity contribution < 1.29 is 27.5 Å². The minimum Gasteiger partial charge on any atom is -0.497 e. The minimum atomic E-state index is -4.34. The zero-order valence-corrected chi connectivity index (χ0v) is 27.3. The van der Waals surface area contributed by atoms with Gasteiger partial charge in [-0.05, 0) is 54.1 Å². The van der Waals surface area contributed by atoms with Crippen LogP contribution >= 0.6 is 23.2 Å². The number of ether oxygens (including phenoxy) is 2. The molecule has 0 bridgehead atoms. The molecule has 0 spiro atoms. The Morgan fingerprint density at radius 3 is 2.04 bits per heavy atom. The highest BCUT2D eigenvalue weighted by molar-refractivity contribution is 7.92. The zero-order chi connectivity index (χ0) is 32.6. The van der Waals surface area contributed by atoms with E-state index in [4.69, 9.17) is 32.7 Å². The Bertz CT molecular complexity index is 1720. The summed E-state index contributed by atoms with van der Waals surface area (Å²) in [5, 5.41) is 3.23. The van der Waals surface area contributed by atoms with Crippen molar-refractivity contribution in [1.82, 2.24) is 10.2 Å². The van der Waals surface area contributed by atoms with Crippen molar-refractivity contribution in [2.75, 3.05) is 32.1 Å². The van der Waals surface area contributed by atoms with E-state index in [0.29, 0.717) is 21.4 Å². The van der Waals surface area contributed by atoms with Gasteiger partial charge in [0.2, 0.25) is 11.8 Å². The molecule has 4 aromatic carbocycles. The van der Waals surface area contributed by atoms with Gasteiger partial charge in [-0.2, -0.15) is 0 Å². The van der Waals surface area contributed by atoms with Crippen LogP contribution in [0.25, 0.3) is 0 Å². The van der Waals surface area contributed by atoms with Crippen LogP contribution in [-0.2, 0) is 32.6 Å². The number of para-hydroxylation sites is 2. The van der Waals surface area contributed by atoms with Crippen LogP contribution in [0.4, 0.5) is 5.69 Å². The zero-order valence-electron chi connectivity index (χ0n) is 24.9. The molecule has 9 nitrogen and oxygen atoms in total. The fourth-order valence-corrected chi connectivity index (χ4v) is 6.74. The van der Waals surface area contributed by atoms with Gasteiger partial charge in [-0.3, -0.25) is 13.9 Å². The maximum Gasteiger partial charge on any atom is 0.264 e. The molecule has 0 saturated carbocycles. The number of rotatable bonds is 13. The van der Waals surface area contributed by atoms with E-state index < -0.39 is 34.4 Å². The summed E-state index contributed by atoms with van der Waals surface area (Å²) in [6.45, 7) is -0.830. The summed E-state index contributed by atoms with van der Waals surface area (Å²) < 4.78 is 40.1. The number of carbonyl (C=O) groups excluding carboxylic acids is 2. The van der Waals surface area contributed by atoms with Gasteiger partial charge in [0.05, 0.1) is 24.8 Å². The molecule has 4 rings (SSSR count). The van der Waals surface area contributed by atoms with E-state index in [1.165, 1.54) is 50.4 Å². The number of likely N-dealkylation sites (N-methyl/N-ethyl adjacent to an activating group) is 1. The molecule has 0 radical (unpaired) electrons. The van der Waals surface area contributed by atoms with Gasteiger partial charge < -0.3 is 19.7 Å². The third-order valence-corrected chi connectivity index (χ3v) is 9.67. The smallest absolute Gasteiger partial charge is 0.264 e. The lowest BCUT2D eigenvalue weighted by atomic mass is 10.0. The van der Waals surface area contributed by atoms with Crippen molar-refractivity contribution in [3.05, 3.63) is 118 Å². The third kappa shape index (κ3) is 7.89. The van der Waals surface area contributed by atoms with Gasteiger partial charge >= 0.3 is 0 Å². The maximum absolute atomic E-state index is 14.5. The molecule has 0 aliphatic carbocycles. The van der Waals surface area contributed by atoms with Crippen molar-refractivity contribution in [2.24, 2.45) is 0 Å². The molecule has 45 heavy (non-hydrogen) atoms.